The molecule has 0 radical (unpaired) electrons. The summed E-state index contributed by atoms with van der Waals surface area (Å²) in [5, 5.41) is 23.8. The van der Waals surface area contributed by atoms with Crippen molar-refractivity contribution < 1.29 is 29.4 Å². The predicted octanol–water partition coefficient (Wildman–Crippen LogP) is 2.91. The van der Waals surface area contributed by atoms with E-state index >= 15 is 0 Å². The lowest BCUT2D eigenvalue weighted by Gasteiger charge is -2.28. The van der Waals surface area contributed by atoms with Gasteiger partial charge in [0.25, 0.3) is 0 Å². The van der Waals surface area contributed by atoms with Gasteiger partial charge in [0.1, 0.15) is 12.1 Å². The fraction of sp³-hybridized carbons (Fsp3) is 0.304. The van der Waals surface area contributed by atoms with E-state index in [4.69, 9.17) is 16.7 Å². The summed E-state index contributed by atoms with van der Waals surface area (Å²) < 4.78 is 0. The van der Waals surface area contributed by atoms with Gasteiger partial charge in [0.05, 0.1) is 5.41 Å². The van der Waals surface area contributed by atoms with Gasteiger partial charge in [-0.3, -0.25) is 14.4 Å². The van der Waals surface area contributed by atoms with Gasteiger partial charge < -0.3 is 20.8 Å². The van der Waals surface area contributed by atoms with Crippen LogP contribution in [0.25, 0.3) is 0 Å². The molecule has 9 heteroatoms. The van der Waals surface area contributed by atoms with Crippen LogP contribution in [-0.2, 0) is 24.6 Å². The highest BCUT2D eigenvalue weighted by Crippen LogP contribution is 2.26. The first-order valence-electron chi connectivity index (χ1n) is 9.89. The summed E-state index contributed by atoms with van der Waals surface area (Å²) in [6.07, 6.45) is -0.717. The van der Waals surface area contributed by atoms with Crippen molar-refractivity contribution in [2.75, 3.05) is 0 Å². The Morgan fingerprint density at radius 1 is 0.938 bits per heavy atom. The van der Waals surface area contributed by atoms with Crippen molar-refractivity contribution in [2.24, 2.45) is 0 Å². The number of carboxylic acid groups (broad SMARTS) is 2. The Balaban J connectivity index is 2.28. The van der Waals surface area contributed by atoms with Gasteiger partial charge in [-0.15, -0.1) is 0 Å². The number of amides is 2. The maximum Gasteiger partial charge on any atom is 0.326 e. The molecule has 32 heavy (non-hydrogen) atoms. The van der Waals surface area contributed by atoms with Crippen molar-refractivity contribution in [1.29, 1.82) is 0 Å². The van der Waals surface area contributed by atoms with E-state index in [1.165, 1.54) is 0 Å². The maximum absolute atomic E-state index is 13.2. The SMILES string of the molecule is CC(C)(C(=O)N[C@H](C(=O)N[C@H](CCC(=O)O)C(=O)O)c1ccccc1)c1ccc(Cl)cc1. The van der Waals surface area contributed by atoms with Crippen LogP contribution >= 0.6 is 11.6 Å². The molecule has 0 saturated carbocycles. The predicted molar refractivity (Wildman–Crippen MR) is 118 cm³/mol. The molecular weight excluding hydrogens is 436 g/mol. The molecule has 0 aliphatic rings. The van der Waals surface area contributed by atoms with Crippen LogP contribution < -0.4 is 10.6 Å². The molecule has 0 heterocycles. The highest BCUT2D eigenvalue weighted by atomic mass is 35.5. The second-order valence-corrected chi connectivity index (χ2v) is 8.22. The van der Waals surface area contributed by atoms with Gasteiger partial charge >= 0.3 is 11.9 Å². The molecule has 0 unspecified atom stereocenters. The zero-order valence-corrected chi connectivity index (χ0v) is 18.4. The van der Waals surface area contributed by atoms with Gasteiger partial charge in [0.2, 0.25) is 11.8 Å². The summed E-state index contributed by atoms with van der Waals surface area (Å²) in [6.45, 7) is 3.39. The molecule has 2 aromatic carbocycles. The summed E-state index contributed by atoms with van der Waals surface area (Å²) in [7, 11) is 0. The Kier molecular flexibility index (Phi) is 8.37. The van der Waals surface area contributed by atoms with Crippen LogP contribution in [0.4, 0.5) is 0 Å². The van der Waals surface area contributed by atoms with Gasteiger partial charge in [0, 0.05) is 11.4 Å². The van der Waals surface area contributed by atoms with Crippen LogP contribution in [0.1, 0.15) is 43.9 Å². The molecule has 2 aromatic rings. The summed E-state index contributed by atoms with van der Waals surface area (Å²) >= 11 is 5.93. The fourth-order valence-corrected chi connectivity index (χ4v) is 3.16. The van der Waals surface area contributed by atoms with Crippen LogP contribution in [0.3, 0.4) is 0 Å². The Labute approximate surface area is 190 Å². The van der Waals surface area contributed by atoms with Gasteiger partial charge in [-0.2, -0.15) is 0 Å². The number of benzene rings is 2. The molecule has 2 amide bonds. The Bertz CT molecular complexity index is 976. The maximum atomic E-state index is 13.2. The fourth-order valence-electron chi connectivity index (χ4n) is 3.04. The summed E-state index contributed by atoms with van der Waals surface area (Å²) in [5.74, 6) is -3.75. The number of carboxylic acids is 2. The molecule has 0 spiro atoms. The number of aliphatic carboxylic acids is 2. The van der Waals surface area contributed by atoms with Gasteiger partial charge in [-0.25, -0.2) is 4.79 Å². The third-order valence-electron chi connectivity index (χ3n) is 5.07. The number of halogens is 1. The van der Waals surface area contributed by atoms with E-state index in [1.807, 2.05) is 0 Å². The molecular formula is C23H25ClN2O6. The van der Waals surface area contributed by atoms with Crippen molar-refractivity contribution in [2.45, 2.75) is 44.2 Å². The molecule has 4 N–H and O–H groups in total. The normalized spacial score (nSPS) is 13.0. The minimum Gasteiger partial charge on any atom is -0.481 e. The van der Waals surface area contributed by atoms with E-state index < -0.39 is 47.7 Å². The molecule has 8 nitrogen and oxygen atoms in total. The quantitative estimate of drug-likeness (QED) is 0.431. The Morgan fingerprint density at radius 2 is 1.53 bits per heavy atom. The highest BCUT2D eigenvalue weighted by Gasteiger charge is 2.34. The average Bonchev–Trinajstić information content (AvgIpc) is 2.75. The largest absolute Gasteiger partial charge is 0.481 e. The molecule has 0 aliphatic carbocycles. The molecule has 0 fully saturated rings. The van der Waals surface area contributed by atoms with Crippen LogP contribution in [0, 0.1) is 0 Å². The molecule has 2 rings (SSSR count). The van der Waals surface area contributed by atoms with Crippen molar-refractivity contribution >= 4 is 35.4 Å². The molecule has 170 valence electrons. The van der Waals surface area contributed by atoms with Crippen molar-refractivity contribution in [3.8, 4) is 0 Å². The average molecular weight is 461 g/mol. The lowest BCUT2D eigenvalue weighted by atomic mass is 9.83. The van der Waals surface area contributed by atoms with Crippen LogP contribution in [0.15, 0.2) is 54.6 Å². The van der Waals surface area contributed by atoms with Gasteiger partial charge in [-0.05, 0) is 43.5 Å². The molecule has 0 saturated heterocycles. The second-order valence-electron chi connectivity index (χ2n) is 7.78. The Morgan fingerprint density at radius 3 is 2.06 bits per heavy atom. The van der Waals surface area contributed by atoms with Crippen LogP contribution in [0.5, 0.6) is 0 Å². The van der Waals surface area contributed by atoms with E-state index in [0.717, 1.165) is 0 Å². The van der Waals surface area contributed by atoms with E-state index in [2.05, 4.69) is 10.6 Å². The zero-order valence-electron chi connectivity index (χ0n) is 17.7. The number of hydrogen-bond donors (Lipinski definition) is 4. The van der Waals surface area contributed by atoms with Crippen LogP contribution in [0.2, 0.25) is 5.02 Å². The van der Waals surface area contributed by atoms with E-state index in [9.17, 15) is 24.3 Å². The number of nitrogens with one attached hydrogen (secondary N) is 2. The van der Waals surface area contributed by atoms with Crippen molar-refractivity contribution in [3.63, 3.8) is 0 Å². The topological polar surface area (TPSA) is 133 Å². The number of hydrogen-bond acceptors (Lipinski definition) is 4. The lowest BCUT2D eigenvalue weighted by Crippen LogP contribution is -2.50. The molecule has 0 bridgehead atoms. The highest BCUT2D eigenvalue weighted by molar-refractivity contribution is 6.30. The summed E-state index contributed by atoms with van der Waals surface area (Å²) in [5.41, 5.74) is 0.108. The van der Waals surface area contributed by atoms with Crippen molar-refractivity contribution in [3.05, 3.63) is 70.7 Å². The second kappa shape index (κ2) is 10.8. The van der Waals surface area contributed by atoms with E-state index in [-0.39, 0.29) is 6.42 Å². The third kappa shape index (κ3) is 6.55. The molecule has 2 atom stereocenters. The third-order valence-corrected chi connectivity index (χ3v) is 5.32. The number of carbonyl (C=O) groups excluding carboxylic acids is 2. The number of carbonyl (C=O) groups is 4. The van der Waals surface area contributed by atoms with Gasteiger partial charge in [0.15, 0.2) is 0 Å². The Hall–Kier alpha value is -3.39. The van der Waals surface area contributed by atoms with E-state index in [0.29, 0.717) is 16.1 Å². The first-order valence-corrected chi connectivity index (χ1v) is 10.3. The van der Waals surface area contributed by atoms with E-state index in [1.54, 1.807) is 68.4 Å². The molecule has 0 aliphatic heterocycles. The lowest BCUT2D eigenvalue weighted by molar-refractivity contribution is -0.143. The minimum atomic E-state index is -1.41. The van der Waals surface area contributed by atoms with Crippen molar-refractivity contribution in [1.82, 2.24) is 10.6 Å². The molecule has 0 aromatic heterocycles. The standard InChI is InChI=1S/C23H25ClN2O6/c1-23(2,15-8-10-16(24)11-9-15)22(32)26-19(14-6-4-3-5-7-14)20(29)25-17(21(30)31)12-13-18(27)28/h3-11,17,19H,12-13H2,1-2H3,(H,25,29)(H,26,32)(H,27,28)(H,30,31)/t17-,19+/m1/s1. The first-order chi connectivity index (χ1) is 15.0. The zero-order chi connectivity index (χ0) is 23.9. The summed E-state index contributed by atoms with van der Waals surface area (Å²) in [6, 6.07) is 12.5. The summed E-state index contributed by atoms with van der Waals surface area (Å²) in [4.78, 5) is 48.5. The van der Waals surface area contributed by atoms with Gasteiger partial charge in [-0.1, -0.05) is 54.1 Å². The number of rotatable bonds is 10. The smallest absolute Gasteiger partial charge is 0.326 e. The van der Waals surface area contributed by atoms with Crippen LogP contribution in [-0.4, -0.2) is 40.0 Å². The minimum absolute atomic E-state index is 0.290. The first kappa shape index (κ1) is 24.9. The monoisotopic (exact) mass is 460 g/mol.